The molecule has 106 valence electrons. The molecule has 1 nitrogen and oxygen atoms in total. The molecule has 0 amide bonds. The standard InChI is InChI=1S/C19H24O/c1-5-16-8-6-7-15(3)18(16)11-10-17-13-14(2)9-12-19(17)20-4/h6-9,12-13H,5,10-11H2,1-4H3. The van der Waals surface area contributed by atoms with E-state index >= 15 is 0 Å². The zero-order valence-electron chi connectivity index (χ0n) is 13.0. The van der Waals surface area contributed by atoms with Crippen molar-refractivity contribution in [3.63, 3.8) is 0 Å². The monoisotopic (exact) mass is 268 g/mol. The maximum atomic E-state index is 5.48. The van der Waals surface area contributed by atoms with Crippen LogP contribution in [0.4, 0.5) is 0 Å². The lowest BCUT2D eigenvalue weighted by Gasteiger charge is -2.13. The first-order valence-electron chi connectivity index (χ1n) is 7.36. The molecule has 0 heterocycles. The molecule has 20 heavy (non-hydrogen) atoms. The molecule has 0 aromatic heterocycles. The van der Waals surface area contributed by atoms with Gasteiger partial charge in [0.25, 0.3) is 0 Å². The van der Waals surface area contributed by atoms with E-state index in [0.29, 0.717) is 0 Å². The van der Waals surface area contributed by atoms with E-state index in [4.69, 9.17) is 4.74 Å². The van der Waals surface area contributed by atoms with Gasteiger partial charge in [-0.15, -0.1) is 0 Å². The summed E-state index contributed by atoms with van der Waals surface area (Å²) in [6.45, 7) is 6.57. The van der Waals surface area contributed by atoms with E-state index in [2.05, 4.69) is 57.2 Å². The quantitative estimate of drug-likeness (QED) is 0.766. The third-order valence-electron chi connectivity index (χ3n) is 3.97. The zero-order valence-corrected chi connectivity index (χ0v) is 13.0. The maximum Gasteiger partial charge on any atom is 0.122 e. The van der Waals surface area contributed by atoms with E-state index < -0.39 is 0 Å². The van der Waals surface area contributed by atoms with Gasteiger partial charge in [-0.3, -0.25) is 0 Å². The molecular weight excluding hydrogens is 244 g/mol. The molecule has 0 spiro atoms. The minimum absolute atomic E-state index is 1.00. The van der Waals surface area contributed by atoms with Crippen molar-refractivity contribution < 1.29 is 4.74 Å². The normalized spacial score (nSPS) is 10.6. The fraction of sp³-hybridized carbons (Fsp3) is 0.368. The van der Waals surface area contributed by atoms with Crippen molar-refractivity contribution in [2.75, 3.05) is 7.11 Å². The highest BCUT2D eigenvalue weighted by Crippen LogP contribution is 2.23. The number of benzene rings is 2. The lowest BCUT2D eigenvalue weighted by Crippen LogP contribution is -2.01. The van der Waals surface area contributed by atoms with Crippen LogP contribution in [0.15, 0.2) is 36.4 Å². The lowest BCUT2D eigenvalue weighted by atomic mass is 9.94. The fourth-order valence-corrected chi connectivity index (χ4v) is 2.81. The van der Waals surface area contributed by atoms with Gasteiger partial charge in [0.1, 0.15) is 5.75 Å². The van der Waals surface area contributed by atoms with Gasteiger partial charge in [0.05, 0.1) is 7.11 Å². The van der Waals surface area contributed by atoms with Crippen LogP contribution in [-0.2, 0) is 19.3 Å². The first-order valence-corrected chi connectivity index (χ1v) is 7.36. The fourth-order valence-electron chi connectivity index (χ4n) is 2.81. The van der Waals surface area contributed by atoms with E-state index in [1.165, 1.54) is 27.8 Å². The Morgan fingerprint density at radius 3 is 2.45 bits per heavy atom. The van der Waals surface area contributed by atoms with Crippen molar-refractivity contribution in [1.29, 1.82) is 0 Å². The molecular formula is C19H24O. The van der Waals surface area contributed by atoms with E-state index in [9.17, 15) is 0 Å². The number of methoxy groups -OCH3 is 1. The molecule has 0 N–H and O–H groups in total. The number of hydrogen-bond donors (Lipinski definition) is 0. The highest BCUT2D eigenvalue weighted by Gasteiger charge is 2.08. The van der Waals surface area contributed by atoms with E-state index in [1.807, 2.05) is 0 Å². The van der Waals surface area contributed by atoms with Gasteiger partial charge in [-0.1, -0.05) is 42.8 Å². The van der Waals surface area contributed by atoms with Gasteiger partial charge in [-0.05, 0) is 61.4 Å². The van der Waals surface area contributed by atoms with Gasteiger partial charge in [0.2, 0.25) is 0 Å². The van der Waals surface area contributed by atoms with Crippen LogP contribution >= 0.6 is 0 Å². The van der Waals surface area contributed by atoms with Gasteiger partial charge >= 0.3 is 0 Å². The summed E-state index contributed by atoms with van der Waals surface area (Å²) in [6.07, 6.45) is 3.21. The molecule has 0 aliphatic heterocycles. The summed E-state index contributed by atoms with van der Waals surface area (Å²) in [7, 11) is 1.75. The first-order chi connectivity index (χ1) is 9.65. The highest BCUT2D eigenvalue weighted by atomic mass is 16.5. The molecule has 0 fully saturated rings. The predicted octanol–water partition coefficient (Wildman–Crippen LogP) is 4.66. The molecule has 0 bridgehead atoms. The summed E-state index contributed by atoms with van der Waals surface area (Å²) in [5, 5.41) is 0. The van der Waals surface area contributed by atoms with Crippen LogP contribution in [0.25, 0.3) is 0 Å². The van der Waals surface area contributed by atoms with Crippen molar-refractivity contribution in [2.45, 2.75) is 40.0 Å². The lowest BCUT2D eigenvalue weighted by molar-refractivity contribution is 0.409. The molecule has 0 saturated heterocycles. The second-order valence-corrected chi connectivity index (χ2v) is 5.38. The van der Waals surface area contributed by atoms with Gasteiger partial charge in [-0.2, -0.15) is 0 Å². The summed E-state index contributed by atoms with van der Waals surface area (Å²) < 4.78 is 5.48. The Balaban J connectivity index is 2.23. The number of rotatable bonds is 5. The molecule has 0 unspecified atom stereocenters. The van der Waals surface area contributed by atoms with Crippen molar-refractivity contribution in [3.8, 4) is 5.75 Å². The second-order valence-electron chi connectivity index (χ2n) is 5.38. The predicted molar refractivity (Wildman–Crippen MR) is 85.7 cm³/mol. The number of ether oxygens (including phenoxy) is 1. The summed E-state index contributed by atoms with van der Waals surface area (Å²) >= 11 is 0. The van der Waals surface area contributed by atoms with Crippen molar-refractivity contribution in [3.05, 3.63) is 64.2 Å². The van der Waals surface area contributed by atoms with Crippen molar-refractivity contribution >= 4 is 0 Å². The highest BCUT2D eigenvalue weighted by molar-refractivity contribution is 5.39. The zero-order chi connectivity index (χ0) is 14.5. The SMILES string of the molecule is CCc1cccc(C)c1CCc1cc(C)ccc1OC. The molecule has 1 heteroatoms. The maximum absolute atomic E-state index is 5.48. The molecule has 0 radical (unpaired) electrons. The summed E-state index contributed by atoms with van der Waals surface area (Å²) in [4.78, 5) is 0. The Morgan fingerprint density at radius 2 is 1.75 bits per heavy atom. The van der Waals surface area contributed by atoms with Crippen LogP contribution in [-0.4, -0.2) is 7.11 Å². The molecule has 0 saturated carbocycles. The Bertz CT molecular complexity index is 584. The van der Waals surface area contributed by atoms with Gasteiger partial charge < -0.3 is 4.74 Å². The Hall–Kier alpha value is -1.76. The third-order valence-corrected chi connectivity index (χ3v) is 3.97. The topological polar surface area (TPSA) is 9.23 Å². The van der Waals surface area contributed by atoms with Crippen molar-refractivity contribution in [1.82, 2.24) is 0 Å². The first kappa shape index (κ1) is 14.6. The number of aryl methyl sites for hydroxylation is 4. The van der Waals surface area contributed by atoms with Crippen molar-refractivity contribution in [2.24, 2.45) is 0 Å². The smallest absolute Gasteiger partial charge is 0.122 e. The van der Waals surface area contributed by atoms with E-state index in [-0.39, 0.29) is 0 Å². The Labute approximate surface area is 122 Å². The molecule has 2 aromatic carbocycles. The van der Waals surface area contributed by atoms with Crippen LogP contribution < -0.4 is 4.74 Å². The summed E-state index contributed by atoms with van der Waals surface area (Å²) in [5.74, 6) is 1.00. The second kappa shape index (κ2) is 6.60. The van der Waals surface area contributed by atoms with Crippen LogP contribution in [0.5, 0.6) is 5.75 Å². The summed E-state index contributed by atoms with van der Waals surface area (Å²) in [6, 6.07) is 13.0. The van der Waals surface area contributed by atoms with Gasteiger partial charge in [0.15, 0.2) is 0 Å². The average Bonchev–Trinajstić information content (AvgIpc) is 2.46. The molecule has 0 atom stereocenters. The van der Waals surface area contributed by atoms with Crippen LogP contribution in [0.2, 0.25) is 0 Å². The van der Waals surface area contributed by atoms with E-state index in [0.717, 1.165) is 25.0 Å². The van der Waals surface area contributed by atoms with Crippen LogP contribution in [0.3, 0.4) is 0 Å². The van der Waals surface area contributed by atoms with Gasteiger partial charge in [-0.25, -0.2) is 0 Å². The minimum atomic E-state index is 1.00. The average molecular weight is 268 g/mol. The summed E-state index contributed by atoms with van der Waals surface area (Å²) in [5.41, 5.74) is 6.96. The number of hydrogen-bond acceptors (Lipinski definition) is 1. The third kappa shape index (κ3) is 3.22. The molecule has 0 aliphatic rings. The molecule has 0 aliphatic carbocycles. The largest absolute Gasteiger partial charge is 0.496 e. The molecule has 2 rings (SSSR count). The van der Waals surface area contributed by atoms with E-state index in [1.54, 1.807) is 7.11 Å². The van der Waals surface area contributed by atoms with Crippen LogP contribution in [0, 0.1) is 13.8 Å². The van der Waals surface area contributed by atoms with Gasteiger partial charge in [0, 0.05) is 0 Å². The molecule has 2 aromatic rings. The minimum Gasteiger partial charge on any atom is -0.496 e. The van der Waals surface area contributed by atoms with Crippen LogP contribution in [0.1, 0.15) is 34.7 Å². The Morgan fingerprint density at radius 1 is 0.950 bits per heavy atom. The Kier molecular flexibility index (Phi) is 4.84.